The van der Waals surface area contributed by atoms with Gasteiger partial charge < -0.3 is 9.26 Å². The van der Waals surface area contributed by atoms with Crippen LogP contribution >= 0.6 is 15.9 Å². The maximum atomic E-state index is 12.7. The third kappa shape index (κ3) is 2.98. The van der Waals surface area contributed by atoms with E-state index in [9.17, 15) is 4.79 Å². The molecule has 4 aliphatic carbocycles. The van der Waals surface area contributed by atoms with Crippen LogP contribution in [0.1, 0.15) is 38.0 Å². The number of ether oxygens (including phenoxy) is 1. The molecule has 0 atom stereocenters. The average molecular weight is 417 g/mol. The van der Waals surface area contributed by atoms with Crippen LogP contribution in [0.2, 0.25) is 0 Å². The van der Waals surface area contributed by atoms with Crippen LogP contribution in [-0.2, 0) is 16.1 Å². The number of hydrogen-bond acceptors (Lipinski definition) is 5. The lowest BCUT2D eigenvalue weighted by atomic mass is 9.52. The minimum atomic E-state index is -0.0685. The minimum Gasteiger partial charge on any atom is -0.455 e. The molecule has 0 amide bonds. The Morgan fingerprint density at radius 1 is 1.15 bits per heavy atom. The number of hydrogen-bond donors (Lipinski definition) is 0. The van der Waals surface area contributed by atoms with E-state index in [2.05, 4.69) is 26.1 Å². The van der Waals surface area contributed by atoms with E-state index in [1.807, 2.05) is 24.3 Å². The van der Waals surface area contributed by atoms with Gasteiger partial charge in [-0.1, -0.05) is 33.2 Å². The molecule has 4 bridgehead atoms. The molecule has 136 valence electrons. The SMILES string of the molecule is O=C(OCc1nc(-c2cccc(Br)c2)no1)C1C2CC3CC(C2)CC1C3. The van der Waals surface area contributed by atoms with Crippen LogP contribution in [0.5, 0.6) is 0 Å². The van der Waals surface area contributed by atoms with Gasteiger partial charge in [-0.2, -0.15) is 4.98 Å². The molecule has 1 heterocycles. The van der Waals surface area contributed by atoms with Crippen molar-refractivity contribution in [3.63, 3.8) is 0 Å². The van der Waals surface area contributed by atoms with Crippen molar-refractivity contribution in [1.29, 1.82) is 0 Å². The highest BCUT2D eigenvalue weighted by atomic mass is 79.9. The van der Waals surface area contributed by atoms with Gasteiger partial charge in [-0.15, -0.1) is 0 Å². The molecule has 0 saturated heterocycles. The zero-order valence-electron chi connectivity index (χ0n) is 14.4. The van der Waals surface area contributed by atoms with Crippen molar-refractivity contribution in [2.45, 2.75) is 38.7 Å². The van der Waals surface area contributed by atoms with Crippen LogP contribution in [0.3, 0.4) is 0 Å². The van der Waals surface area contributed by atoms with E-state index in [0.717, 1.165) is 21.9 Å². The highest BCUT2D eigenvalue weighted by Gasteiger charge is 2.51. The van der Waals surface area contributed by atoms with E-state index < -0.39 is 0 Å². The molecule has 26 heavy (non-hydrogen) atoms. The summed E-state index contributed by atoms with van der Waals surface area (Å²) in [5.74, 6) is 3.62. The number of esters is 1. The predicted octanol–water partition coefficient (Wildman–Crippen LogP) is 4.61. The summed E-state index contributed by atoms with van der Waals surface area (Å²) in [6.07, 6.45) is 6.22. The number of carbonyl (C=O) groups is 1. The van der Waals surface area contributed by atoms with Gasteiger partial charge in [0.15, 0.2) is 6.61 Å². The Balaban J connectivity index is 1.23. The molecular weight excluding hydrogens is 396 g/mol. The summed E-state index contributed by atoms with van der Waals surface area (Å²) in [5.41, 5.74) is 0.863. The number of carbonyl (C=O) groups excluding carboxylic acids is 1. The lowest BCUT2D eigenvalue weighted by Gasteiger charge is -2.53. The van der Waals surface area contributed by atoms with Gasteiger partial charge in [0.2, 0.25) is 5.82 Å². The van der Waals surface area contributed by atoms with Crippen molar-refractivity contribution in [1.82, 2.24) is 10.1 Å². The van der Waals surface area contributed by atoms with Crippen molar-refractivity contribution < 1.29 is 14.1 Å². The minimum absolute atomic E-state index is 0.0582. The highest BCUT2D eigenvalue weighted by Crippen LogP contribution is 2.56. The molecular formula is C20H21BrN2O3. The Morgan fingerprint density at radius 2 is 1.88 bits per heavy atom. The van der Waals surface area contributed by atoms with Crippen LogP contribution in [0.15, 0.2) is 33.3 Å². The van der Waals surface area contributed by atoms with E-state index in [4.69, 9.17) is 9.26 Å². The van der Waals surface area contributed by atoms with Crippen LogP contribution < -0.4 is 0 Å². The smallest absolute Gasteiger partial charge is 0.310 e. The van der Waals surface area contributed by atoms with Crippen LogP contribution in [0.25, 0.3) is 11.4 Å². The normalized spacial score (nSPS) is 32.0. The van der Waals surface area contributed by atoms with E-state index in [1.165, 1.54) is 32.1 Å². The quantitative estimate of drug-likeness (QED) is 0.680. The molecule has 1 aromatic heterocycles. The maximum absolute atomic E-state index is 12.7. The fourth-order valence-corrected chi connectivity index (χ4v) is 6.00. The average Bonchev–Trinajstić information content (AvgIpc) is 3.08. The van der Waals surface area contributed by atoms with E-state index in [0.29, 0.717) is 23.6 Å². The van der Waals surface area contributed by atoms with Gasteiger partial charge in [0.25, 0.3) is 5.89 Å². The molecule has 6 rings (SSSR count). The topological polar surface area (TPSA) is 65.2 Å². The third-order valence-electron chi connectivity index (χ3n) is 6.39. The van der Waals surface area contributed by atoms with Gasteiger partial charge in [-0.05, 0) is 67.9 Å². The van der Waals surface area contributed by atoms with E-state index in [-0.39, 0.29) is 18.5 Å². The van der Waals surface area contributed by atoms with Gasteiger partial charge >= 0.3 is 5.97 Å². The van der Waals surface area contributed by atoms with Crippen molar-refractivity contribution in [2.75, 3.05) is 0 Å². The van der Waals surface area contributed by atoms with E-state index >= 15 is 0 Å². The second-order valence-corrected chi connectivity index (χ2v) is 9.00. The zero-order valence-corrected chi connectivity index (χ0v) is 16.0. The third-order valence-corrected chi connectivity index (χ3v) is 6.88. The van der Waals surface area contributed by atoms with Gasteiger partial charge in [-0.3, -0.25) is 4.79 Å². The first-order valence-corrected chi connectivity index (χ1v) is 10.2. The molecule has 4 fully saturated rings. The number of benzene rings is 1. The molecule has 4 saturated carbocycles. The van der Waals surface area contributed by atoms with Gasteiger partial charge in [0.05, 0.1) is 5.92 Å². The van der Waals surface area contributed by atoms with Crippen LogP contribution in [0.4, 0.5) is 0 Å². The summed E-state index contributed by atoms with van der Waals surface area (Å²) in [6, 6.07) is 7.70. The van der Waals surface area contributed by atoms with Gasteiger partial charge in [0.1, 0.15) is 0 Å². The molecule has 0 aliphatic heterocycles. The van der Waals surface area contributed by atoms with Crippen molar-refractivity contribution in [3.05, 3.63) is 34.6 Å². The lowest BCUT2D eigenvalue weighted by Crippen LogP contribution is -2.48. The number of halogens is 1. The Hall–Kier alpha value is -1.69. The molecule has 0 N–H and O–H groups in total. The van der Waals surface area contributed by atoms with Crippen molar-refractivity contribution in [2.24, 2.45) is 29.6 Å². The van der Waals surface area contributed by atoms with E-state index in [1.54, 1.807) is 0 Å². The monoisotopic (exact) mass is 416 g/mol. The van der Waals surface area contributed by atoms with Crippen LogP contribution in [0, 0.1) is 29.6 Å². The number of nitrogens with zero attached hydrogens (tertiary/aromatic N) is 2. The van der Waals surface area contributed by atoms with Gasteiger partial charge in [0, 0.05) is 10.0 Å². The number of aromatic nitrogens is 2. The summed E-state index contributed by atoms with van der Waals surface area (Å²) in [6.45, 7) is 0.0582. The molecule has 2 aromatic rings. The van der Waals surface area contributed by atoms with Crippen molar-refractivity contribution in [3.8, 4) is 11.4 Å². The Labute approximate surface area is 160 Å². The summed E-state index contributed by atoms with van der Waals surface area (Å²) in [4.78, 5) is 17.1. The molecule has 0 radical (unpaired) electrons. The van der Waals surface area contributed by atoms with Crippen molar-refractivity contribution >= 4 is 21.9 Å². The molecule has 4 aliphatic rings. The fourth-order valence-electron chi connectivity index (χ4n) is 5.60. The summed E-state index contributed by atoms with van der Waals surface area (Å²) < 4.78 is 11.8. The van der Waals surface area contributed by atoms with Gasteiger partial charge in [-0.25, -0.2) is 0 Å². The fraction of sp³-hybridized carbons (Fsp3) is 0.550. The zero-order chi connectivity index (χ0) is 17.7. The maximum Gasteiger partial charge on any atom is 0.310 e. The second kappa shape index (κ2) is 6.48. The van der Waals surface area contributed by atoms with Crippen LogP contribution in [-0.4, -0.2) is 16.1 Å². The summed E-state index contributed by atoms with van der Waals surface area (Å²) >= 11 is 3.44. The Bertz CT molecular complexity index is 806. The molecule has 0 spiro atoms. The number of rotatable bonds is 4. The second-order valence-electron chi connectivity index (χ2n) is 8.09. The highest BCUT2D eigenvalue weighted by molar-refractivity contribution is 9.10. The Morgan fingerprint density at radius 3 is 2.58 bits per heavy atom. The first-order valence-electron chi connectivity index (χ1n) is 9.41. The summed E-state index contributed by atoms with van der Waals surface area (Å²) in [5, 5.41) is 3.99. The molecule has 0 unspecified atom stereocenters. The summed E-state index contributed by atoms with van der Waals surface area (Å²) in [7, 11) is 0. The first-order chi connectivity index (χ1) is 12.7. The largest absolute Gasteiger partial charge is 0.455 e. The Kier molecular flexibility index (Phi) is 4.11. The standard InChI is InChI=1S/C20H21BrN2O3/c21-16-3-1-2-13(9-16)19-22-17(26-23-19)10-25-20(24)18-14-5-11-4-12(7-14)8-15(18)6-11/h1-3,9,11-12,14-15,18H,4-8,10H2. The molecule has 1 aromatic carbocycles. The molecule has 5 nitrogen and oxygen atoms in total. The predicted molar refractivity (Wildman–Crippen MR) is 97.8 cm³/mol. The lowest BCUT2D eigenvalue weighted by molar-refractivity contribution is -0.164. The first kappa shape index (κ1) is 16.5. The molecule has 6 heteroatoms.